The van der Waals surface area contributed by atoms with E-state index in [0.29, 0.717) is 38.0 Å². The number of anilines is 2. The van der Waals surface area contributed by atoms with E-state index in [1.54, 1.807) is 56.3 Å². The van der Waals surface area contributed by atoms with E-state index in [4.69, 9.17) is 16.3 Å². The van der Waals surface area contributed by atoms with Gasteiger partial charge in [0, 0.05) is 10.7 Å². The Kier molecular flexibility index (Phi) is 9.48. The predicted octanol–water partition coefficient (Wildman–Crippen LogP) is 6.88. The predicted molar refractivity (Wildman–Crippen MR) is 176 cm³/mol. The molecular weight excluding hydrogens is 620 g/mol. The van der Waals surface area contributed by atoms with Crippen LogP contribution in [-0.2, 0) is 9.53 Å². The smallest absolute Gasteiger partial charge is 0.341 e. The van der Waals surface area contributed by atoms with E-state index in [0.717, 1.165) is 28.7 Å². The maximum Gasteiger partial charge on any atom is 0.341 e. The molecule has 12 heteroatoms. The lowest BCUT2D eigenvalue weighted by Gasteiger charge is -2.14. The number of ether oxygens (including phenoxy) is 1. The summed E-state index contributed by atoms with van der Waals surface area (Å²) in [4.78, 5) is 57.8. The minimum atomic E-state index is -0.649. The summed E-state index contributed by atoms with van der Waals surface area (Å²) in [6.07, 6.45) is 0. The molecule has 0 saturated heterocycles. The van der Waals surface area contributed by atoms with Gasteiger partial charge in [0.2, 0.25) is 5.91 Å². The average molecular weight is 647 g/mol. The summed E-state index contributed by atoms with van der Waals surface area (Å²) in [5.41, 5.74) is 2.83. The van der Waals surface area contributed by atoms with Gasteiger partial charge in [-0.3, -0.25) is 19.0 Å². The zero-order valence-corrected chi connectivity index (χ0v) is 26.4. The van der Waals surface area contributed by atoms with Gasteiger partial charge in [-0.25, -0.2) is 9.78 Å². The Morgan fingerprint density at radius 1 is 1.00 bits per heavy atom. The zero-order chi connectivity index (χ0) is 31.4. The highest BCUT2D eigenvalue weighted by atomic mass is 35.5. The van der Waals surface area contributed by atoms with E-state index in [1.807, 2.05) is 37.3 Å². The molecule has 2 aromatic heterocycles. The van der Waals surface area contributed by atoms with Gasteiger partial charge in [0.05, 0.1) is 39.4 Å². The van der Waals surface area contributed by atoms with Gasteiger partial charge in [-0.1, -0.05) is 59.3 Å². The van der Waals surface area contributed by atoms with Gasteiger partial charge in [-0.15, -0.1) is 11.3 Å². The first kappa shape index (κ1) is 31.0. The van der Waals surface area contributed by atoms with Crippen LogP contribution in [0.2, 0.25) is 5.02 Å². The second-order valence-corrected chi connectivity index (χ2v) is 12.1. The molecule has 2 N–H and O–H groups in total. The minimum absolute atomic E-state index is 0.114. The number of hydrogen-bond donors (Lipinski definition) is 2. The van der Waals surface area contributed by atoms with Crippen molar-refractivity contribution >= 4 is 74.1 Å². The van der Waals surface area contributed by atoms with Crippen molar-refractivity contribution in [2.45, 2.75) is 25.9 Å². The monoisotopic (exact) mass is 646 g/mol. The van der Waals surface area contributed by atoms with Gasteiger partial charge in [-0.05, 0) is 68.8 Å². The Bertz CT molecular complexity index is 1940. The number of halogens is 1. The lowest BCUT2D eigenvalue weighted by molar-refractivity contribution is -0.113. The van der Waals surface area contributed by atoms with Crippen LogP contribution < -0.4 is 16.2 Å². The number of amides is 2. The standard InChI is InChI=1S/C32H27ClN4O5S2/c1-4-42-31(41)26-19(3)27(28(39)34-21-8-6-5-7-9-21)44-29(26)36-25(38)17-43-32-35-24-16-20(33)12-15-23(24)30(40)37(32)22-13-10-18(2)11-14-22/h5-16H,4,17H2,1-3H3,(H,34,39)(H,36,38). The number of benzene rings is 3. The Labute approximate surface area is 266 Å². The number of carbonyl (C=O) groups excluding carboxylic acids is 3. The molecule has 2 heterocycles. The fourth-order valence-electron chi connectivity index (χ4n) is 4.43. The van der Waals surface area contributed by atoms with Crippen LogP contribution in [0, 0.1) is 13.8 Å². The minimum Gasteiger partial charge on any atom is -0.462 e. The van der Waals surface area contributed by atoms with Crippen molar-refractivity contribution in [3.63, 3.8) is 0 Å². The molecule has 9 nitrogen and oxygen atoms in total. The summed E-state index contributed by atoms with van der Waals surface area (Å²) < 4.78 is 6.69. The Balaban J connectivity index is 1.44. The lowest BCUT2D eigenvalue weighted by Crippen LogP contribution is -2.23. The highest BCUT2D eigenvalue weighted by Crippen LogP contribution is 2.35. The fraction of sp³-hybridized carbons (Fsp3) is 0.156. The van der Waals surface area contributed by atoms with Gasteiger partial charge in [0.15, 0.2) is 5.16 Å². The largest absolute Gasteiger partial charge is 0.462 e. The fourth-order valence-corrected chi connectivity index (χ4v) is 6.51. The summed E-state index contributed by atoms with van der Waals surface area (Å²) in [6, 6.07) is 21.2. The van der Waals surface area contributed by atoms with Crippen molar-refractivity contribution in [3.05, 3.63) is 110 Å². The van der Waals surface area contributed by atoms with E-state index >= 15 is 0 Å². The first-order valence-electron chi connectivity index (χ1n) is 13.5. The number of nitrogens with zero attached hydrogens (tertiary/aromatic N) is 2. The summed E-state index contributed by atoms with van der Waals surface area (Å²) in [5.74, 6) is -1.67. The first-order chi connectivity index (χ1) is 21.2. The highest BCUT2D eigenvalue weighted by Gasteiger charge is 2.27. The van der Waals surface area contributed by atoms with E-state index < -0.39 is 17.8 Å². The summed E-state index contributed by atoms with van der Waals surface area (Å²) in [6.45, 7) is 5.38. The van der Waals surface area contributed by atoms with Crippen LogP contribution in [0.1, 0.15) is 38.1 Å². The van der Waals surface area contributed by atoms with E-state index in [-0.39, 0.29) is 33.4 Å². The topological polar surface area (TPSA) is 119 Å². The summed E-state index contributed by atoms with van der Waals surface area (Å²) in [5, 5.41) is 6.88. The summed E-state index contributed by atoms with van der Waals surface area (Å²) in [7, 11) is 0. The van der Waals surface area contributed by atoms with Crippen LogP contribution in [0.25, 0.3) is 16.6 Å². The molecule has 0 aliphatic heterocycles. The lowest BCUT2D eigenvalue weighted by atomic mass is 10.1. The molecule has 0 radical (unpaired) electrons. The second kappa shape index (κ2) is 13.5. The van der Waals surface area contributed by atoms with Crippen LogP contribution in [0.5, 0.6) is 0 Å². The number of fused-ring (bicyclic) bond motifs is 1. The molecule has 0 aliphatic carbocycles. The molecule has 0 fully saturated rings. The number of thioether (sulfide) groups is 1. The Morgan fingerprint density at radius 2 is 1.73 bits per heavy atom. The van der Waals surface area contributed by atoms with Gasteiger partial charge >= 0.3 is 5.97 Å². The third kappa shape index (κ3) is 6.70. The van der Waals surface area contributed by atoms with Crippen LogP contribution in [0.15, 0.2) is 82.7 Å². The summed E-state index contributed by atoms with van der Waals surface area (Å²) >= 11 is 8.22. The third-order valence-corrected chi connectivity index (χ3v) is 8.92. The third-order valence-electron chi connectivity index (χ3n) is 6.54. The van der Waals surface area contributed by atoms with Gasteiger partial charge < -0.3 is 15.4 Å². The number of nitrogens with one attached hydrogen (secondary N) is 2. The van der Waals surface area contributed by atoms with Crippen molar-refractivity contribution in [2.75, 3.05) is 23.0 Å². The molecule has 0 bridgehead atoms. The van der Waals surface area contributed by atoms with E-state index in [2.05, 4.69) is 15.6 Å². The first-order valence-corrected chi connectivity index (χ1v) is 15.7. The quantitative estimate of drug-likeness (QED) is 0.102. The van der Waals surface area contributed by atoms with Crippen molar-refractivity contribution in [1.82, 2.24) is 9.55 Å². The molecule has 5 aromatic rings. The SMILES string of the molecule is CCOC(=O)c1c(NC(=O)CSc2nc3cc(Cl)ccc3c(=O)n2-c2ccc(C)cc2)sc(C(=O)Nc2ccccc2)c1C. The second-order valence-electron chi connectivity index (χ2n) is 9.67. The average Bonchev–Trinajstić information content (AvgIpc) is 3.32. The van der Waals surface area contributed by atoms with Crippen LogP contribution in [0.3, 0.4) is 0 Å². The van der Waals surface area contributed by atoms with Crippen molar-refractivity contribution in [1.29, 1.82) is 0 Å². The number of carbonyl (C=O) groups is 3. The van der Waals surface area contributed by atoms with Crippen molar-refractivity contribution in [3.8, 4) is 5.69 Å². The van der Waals surface area contributed by atoms with Crippen LogP contribution in [-0.4, -0.2) is 39.7 Å². The Hall–Kier alpha value is -4.45. The maximum absolute atomic E-state index is 13.6. The van der Waals surface area contributed by atoms with Crippen LogP contribution in [0.4, 0.5) is 10.7 Å². The number of thiophene rings is 1. The molecule has 0 saturated carbocycles. The van der Waals surface area contributed by atoms with Crippen molar-refractivity contribution in [2.24, 2.45) is 0 Å². The molecule has 44 heavy (non-hydrogen) atoms. The van der Waals surface area contributed by atoms with E-state index in [9.17, 15) is 19.2 Å². The van der Waals surface area contributed by atoms with Gasteiger partial charge in [0.25, 0.3) is 11.5 Å². The molecule has 0 spiro atoms. The van der Waals surface area contributed by atoms with Crippen LogP contribution >= 0.6 is 34.7 Å². The van der Waals surface area contributed by atoms with Gasteiger partial charge in [0.1, 0.15) is 5.00 Å². The zero-order valence-electron chi connectivity index (χ0n) is 24.0. The molecule has 0 atom stereocenters. The molecule has 224 valence electrons. The normalized spacial score (nSPS) is 10.9. The molecule has 0 unspecified atom stereocenters. The van der Waals surface area contributed by atoms with E-state index in [1.165, 1.54) is 4.57 Å². The highest BCUT2D eigenvalue weighted by molar-refractivity contribution is 7.99. The molecule has 0 aliphatic rings. The molecule has 2 amide bonds. The number of aryl methyl sites for hydroxylation is 1. The number of esters is 1. The number of rotatable bonds is 9. The molecular formula is C32H27ClN4O5S2. The van der Waals surface area contributed by atoms with Gasteiger partial charge in [-0.2, -0.15) is 0 Å². The number of aromatic nitrogens is 2. The Morgan fingerprint density at radius 3 is 2.43 bits per heavy atom. The number of para-hydroxylation sites is 1. The number of hydrogen-bond acceptors (Lipinski definition) is 8. The maximum atomic E-state index is 13.6. The molecule has 5 rings (SSSR count). The van der Waals surface area contributed by atoms with Crippen molar-refractivity contribution < 1.29 is 19.1 Å². The molecule has 3 aromatic carbocycles.